The summed E-state index contributed by atoms with van der Waals surface area (Å²) in [6.45, 7) is 0.166. The maximum Gasteiger partial charge on any atom is 0.264 e. The zero-order valence-electron chi connectivity index (χ0n) is 17.6. The first-order chi connectivity index (χ1) is 15.9. The summed E-state index contributed by atoms with van der Waals surface area (Å²) in [4.78, 5) is 12.4. The molecule has 7 heteroatoms. The fourth-order valence-corrected chi connectivity index (χ4v) is 4.79. The van der Waals surface area contributed by atoms with Crippen LogP contribution in [0.15, 0.2) is 114 Å². The third kappa shape index (κ3) is 5.10. The molecule has 0 heterocycles. The molecule has 0 bridgehead atoms. The van der Waals surface area contributed by atoms with E-state index in [0.29, 0.717) is 11.4 Å². The van der Waals surface area contributed by atoms with Gasteiger partial charge in [-0.2, -0.15) is 0 Å². The first-order valence-corrected chi connectivity index (χ1v) is 11.7. The Labute approximate surface area is 192 Å². The smallest absolute Gasteiger partial charge is 0.264 e. The van der Waals surface area contributed by atoms with Gasteiger partial charge in [-0.15, -0.1) is 0 Å². The molecule has 0 aliphatic heterocycles. The van der Waals surface area contributed by atoms with Crippen molar-refractivity contribution < 1.29 is 17.6 Å². The highest BCUT2D eigenvalue weighted by molar-refractivity contribution is 7.92. The van der Waals surface area contributed by atoms with Crippen LogP contribution in [0.4, 0.5) is 15.8 Å². The van der Waals surface area contributed by atoms with E-state index in [1.165, 1.54) is 46.8 Å². The number of amides is 1. The zero-order chi connectivity index (χ0) is 23.3. The largest absolute Gasteiger partial charge is 0.322 e. The van der Waals surface area contributed by atoms with Gasteiger partial charge < -0.3 is 5.32 Å². The maximum atomic E-state index is 13.8. The average Bonchev–Trinajstić information content (AvgIpc) is 2.84. The van der Waals surface area contributed by atoms with E-state index in [9.17, 15) is 17.6 Å². The summed E-state index contributed by atoms with van der Waals surface area (Å²) in [5, 5.41) is 2.59. The molecule has 4 aromatic rings. The Morgan fingerprint density at radius 2 is 1.33 bits per heavy atom. The van der Waals surface area contributed by atoms with Gasteiger partial charge in [-0.05, 0) is 54.1 Å². The van der Waals surface area contributed by atoms with Gasteiger partial charge >= 0.3 is 0 Å². The van der Waals surface area contributed by atoms with Gasteiger partial charge in [0.05, 0.1) is 22.7 Å². The lowest BCUT2D eigenvalue weighted by Gasteiger charge is -2.25. The second-order valence-electron chi connectivity index (χ2n) is 7.29. The Balaban J connectivity index is 1.60. The number of sulfonamides is 1. The van der Waals surface area contributed by atoms with Crippen LogP contribution in [0.5, 0.6) is 0 Å². The van der Waals surface area contributed by atoms with E-state index in [4.69, 9.17) is 0 Å². The van der Waals surface area contributed by atoms with Gasteiger partial charge in [-0.25, -0.2) is 12.8 Å². The third-order valence-electron chi connectivity index (χ3n) is 5.03. The topological polar surface area (TPSA) is 66.5 Å². The molecular formula is C26H21FN2O3S. The number of anilines is 2. The Morgan fingerprint density at radius 1 is 0.758 bits per heavy atom. The summed E-state index contributed by atoms with van der Waals surface area (Å²) in [5.74, 6) is -1.24. The molecule has 0 radical (unpaired) electrons. The third-order valence-corrected chi connectivity index (χ3v) is 6.82. The number of halogens is 1. The molecule has 1 N–H and O–H groups in total. The molecule has 0 unspecified atom stereocenters. The lowest BCUT2D eigenvalue weighted by molar-refractivity contribution is 0.102. The number of carbonyl (C=O) groups is 1. The van der Waals surface area contributed by atoms with E-state index in [1.807, 2.05) is 36.4 Å². The predicted molar refractivity (Wildman–Crippen MR) is 127 cm³/mol. The predicted octanol–water partition coefficient (Wildman–Crippen LogP) is 5.47. The minimum Gasteiger partial charge on any atom is -0.322 e. The lowest BCUT2D eigenvalue weighted by atomic mass is 10.2. The Kier molecular flexibility index (Phi) is 6.51. The van der Waals surface area contributed by atoms with E-state index in [0.717, 1.165) is 5.56 Å². The van der Waals surface area contributed by atoms with Crippen LogP contribution in [0.3, 0.4) is 0 Å². The molecule has 0 fully saturated rings. The quantitative estimate of drug-likeness (QED) is 0.398. The number of nitrogens with zero attached hydrogens (tertiary/aromatic N) is 1. The molecule has 0 saturated heterocycles. The number of carbonyl (C=O) groups excluding carboxylic acids is 1. The van der Waals surface area contributed by atoms with E-state index in [2.05, 4.69) is 5.32 Å². The standard InChI is InChI=1S/C26H21FN2O3S/c27-25-14-8-7-13-24(25)26(30)28-21-15-17-23(18-16-21)33(31,32)29(22-11-5-2-6-12-22)19-20-9-3-1-4-10-20/h1-18H,19H2,(H,28,30). The van der Waals surface area contributed by atoms with Crippen molar-refractivity contribution in [2.24, 2.45) is 0 Å². The first kappa shape index (κ1) is 22.2. The molecule has 166 valence electrons. The number of para-hydroxylation sites is 1. The SMILES string of the molecule is O=C(Nc1ccc(S(=O)(=O)N(Cc2ccccc2)c2ccccc2)cc1)c1ccccc1F. The molecule has 0 aliphatic carbocycles. The lowest BCUT2D eigenvalue weighted by Crippen LogP contribution is -2.30. The minimum atomic E-state index is -3.90. The van der Waals surface area contributed by atoms with Gasteiger partial charge in [0.1, 0.15) is 5.82 Å². The van der Waals surface area contributed by atoms with Crippen LogP contribution in [0, 0.1) is 5.82 Å². The van der Waals surface area contributed by atoms with E-state index < -0.39 is 21.7 Å². The number of rotatable bonds is 7. The molecular weight excluding hydrogens is 439 g/mol. The number of benzene rings is 4. The summed E-state index contributed by atoms with van der Waals surface area (Å²) in [6, 6.07) is 29.7. The molecule has 0 atom stereocenters. The van der Waals surface area contributed by atoms with Crippen LogP contribution in [-0.2, 0) is 16.6 Å². The average molecular weight is 461 g/mol. The molecule has 0 spiro atoms. The van der Waals surface area contributed by atoms with Gasteiger partial charge in [-0.1, -0.05) is 60.7 Å². The van der Waals surface area contributed by atoms with Crippen molar-refractivity contribution in [1.82, 2.24) is 0 Å². The summed E-state index contributed by atoms with van der Waals surface area (Å²) in [6.07, 6.45) is 0. The summed E-state index contributed by atoms with van der Waals surface area (Å²) in [5.41, 5.74) is 1.65. The Bertz CT molecular complexity index is 1340. The molecule has 0 saturated carbocycles. The summed E-state index contributed by atoms with van der Waals surface area (Å²) in [7, 11) is -3.90. The normalized spacial score (nSPS) is 11.1. The zero-order valence-corrected chi connectivity index (χ0v) is 18.4. The summed E-state index contributed by atoms with van der Waals surface area (Å²) < 4.78 is 42.2. The highest BCUT2D eigenvalue weighted by atomic mass is 32.2. The van der Waals surface area contributed by atoms with Crippen molar-refractivity contribution in [3.63, 3.8) is 0 Å². The molecule has 4 rings (SSSR count). The van der Waals surface area contributed by atoms with Crippen LogP contribution >= 0.6 is 0 Å². The van der Waals surface area contributed by atoms with E-state index >= 15 is 0 Å². The Hall–Kier alpha value is -3.97. The van der Waals surface area contributed by atoms with Crippen molar-refractivity contribution >= 4 is 27.3 Å². The molecule has 1 amide bonds. The number of hydrogen-bond donors (Lipinski definition) is 1. The van der Waals surface area contributed by atoms with Gasteiger partial charge in [0.25, 0.3) is 15.9 Å². The molecule has 33 heavy (non-hydrogen) atoms. The van der Waals surface area contributed by atoms with Crippen molar-refractivity contribution in [3.05, 3.63) is 126 Å². The van der Waals surface area contributed by atoms with Gasteiger partial charge in [-0.3, -0.25) is 9.10 Å². The molecule has 0 aliphatic rings. The van der Waals surface area contributed by atoms with E-state index in [1.54, 1.807) is 30.3 Å². The van der Waals surface area contributed by atoms with Crippen molar-refractivity contribution in [2.45, 2.75) is 11.4 Å². The van der Waals surface area contributed by atoms with Gasteiger partial charge in [0, 0.05) is 5.69 Å². The van der Waals surface area contributed by atoms with Crippen LogP contribution < -0.4 is 9.62 Å². The van der Waals surface area contributed by atoms with Crippen molar-refractivity contribution in [2.75, 3.05) is 9.62 Å². The van der Waals surface area contributed by atoms with Gasteiger partial charge in [0.2, 0.25) is 0 Å². The van der Waals surface area contributed by atoms with Crippen LogP contribution in [0.25, 0.3) is 0 Å². The van der Waals surface area contributed by atoms with Crippen LogP contribution in [0.2, 0.25) is 0 Å². The molecule has 0 aromatic heterocycles. The second kappa shape index (κ2) is 9.67. The fourth-order valence-electron chi connectivity index (χ4n) is 3.34. The van der Waals surface area contributed by atoms with Crippen molar-refractivity contribution in [3.8, 4) is 0 Å². The van der Waals surface area contributed by atoms with Crippen molar-refractivity contribution in [1.29, 1.82) is 0 Å². The Morgan fingerprint density at radius 3 is 1.97 bits per heavy atom. The van der Waals surface area contributed by atoms with Crippen LogP contribution in [-0.4, -0.2) is 14.3 Å². The summed E-state index contributed by atoms with van der Waals surface area (Å²) >= 11 is 0. The second-order valence-corrected chi connectivity index (χ2v) is 9.15. The highest BCUT2D eigenvalue weighted by Crippen LogP contribution is 2.27. The fraction of sp³-hybridized carbons (Fsp3) is 0.0385. The first-order valence-electron chi connectivity index (χ1n) is 10.2. The minimum absolute atomic E-state index is 0.0752. The highest BCUT2D eigenvalue weighted by Gasteiger charge is 2.25. The monoisotopic (exact) mass is 460 g/mol. The van der Waals surface area contributed by atoms with E-state index in [-0.39, 0.29) is 17.0 Å². The van der Waals surface area contributed by atoms with Gasteiger partial charge in [0.15, 0.2) is 0 Å². The molecule has 4 aromatic carbocycles. The van der Waals surface area contributed by atoms with Crippen LogP contribution in [0.1, 0.15) is 15.9 Å². The number of nitrogens with one attached hydrogen (secondary N) is 1. The number of hydrogen-bond acceptors (Lipinski definition) is 3. The maximum absolute atomic E-state index is 13.8. The molecule has 5 nitrogen and oxygen atoms in total.